The lowest BCUT2D eigenvalue weighted by Crippen LogP contribution is -2.33. The lowest BCUT2D eigenvalue weighted by molar-refractivity contribution is 0.0757. The summed E-state index contributed by atoms with van der Waals surface area (Å²) in [7, 11) is 0. The predicted molar refractivity (Wildman–Crippen MR) is 74.9 cm³/mol. The van der Waals surface area contributed by atoms with Gasteiger partial charge in [0.15, 0.2) is 0 Å². The number of amides is 1. The van der Waals surface area contributed by atoms with Gasteiger partial charge in [0.2, 0.25) is 0 Å². The normalized spacial score (nSPS) is 14.3. The summed E-state index contributed by atoms with van der Waals surface area (Å²) in [6, 6.07) is 4.67. The number of hydrogen-bond acceptors (Lipinski definition) is 2. The number of anilines is 1. The van der Waals surface area contributed by atoms with Crippen LogP contribution in [-0.4, -0.2) is 30.4 Å². The maximum Gasteiger partial charge on any atom is 0.256 e. The lowest BCUT2D eigenvalue weighted by atomic mass is 10.1. The van der Waals surface area contributed by atoms with E-state index in [-0.39, 0.29) is 11.7 Å². The fraction of sp³-hybridized carbons (Fsp3) is 0.533. The number of nitrogens with zero attached hydrogens (tertiary/aromatic N) is 1. The van der Waals surface area contributed by atoms with Gasteiger partial charge < -0.3 is 10.2 Å². The quantitative estimate of drug-likeness (QED) is 0.856. The Morgan fingerprint density at radius 3 is 2.74 bits per heavy atom. The fourth-order valence-corrected chi connectivity index (χ4v) is 2.20. The number of rotatable bonds is 6. The fourth-order valence-electron chi connectivity index (χ4n) is 2.20. The molecule has 1 amide bonds. The van der Waals surface area contributed by atoms with Crippen molar-refractivity contribution in [1.29, 1.82) is 0 Å². The number of carbonyl (C=O) groups is 1. The van der Waals surface area contributed by atoms with Crippen LogP contribution in [0.2, 0.25) is 0 Å². The second-order valence-electron chi connectivity index (χ2n) is 4.98. The van der Waals surface area contributed by atoms with E-state index < -0.39 is 0 Å². The van der Waals surface area contributed by atoms with E-state index in [0.29, 0.717) is 30.3 Å². The molecule has 4 heteroatoms. The average Bonchev–Trinajstić information content (AvgIpc) is 3.22. The number of nitrogens with one attached hydrogen (secondary N) is 1. The van der Waals surface area contributed by atoms with E-state index in [1.54, 1.807) is 12.1 Å². The topological polar surface area (TPSA) is 32.3 Å². The molecule has 0 aliphatic heterocycles. The minimum Gasteiger partial charge on any atom is -0.382 e. The van der Waals surface area contributed by atoms with Crippen molar-refractivity contribution >= 4 is 11.6 Å². The smallest absolute Gasteiger partial charge is 0.256 e. The molecule has 1 fully saturated rings. The first kappa shape index (κ1) is 13.8. The van der Waals surface area contributed by atoms with Gasteiger partial charge in [0.05, 0.1) is 11.3 Å². The standard InChI is InChI=1S/C15H21FN2O/c1-3-17-14-12(6-5-7-13(14)16)15(19)18(4-2)10-11-8-9-11/h5-7,11,17H,3-4,8-10H2,1-2H3. The maximum atomic E-state index is 13.8. The van der Waals surface area contributed by atoms with Crippen molar-refractivity contribution in [2.24, 2.45) is 5.92 Å². The summed E-state index contributed by atoms with van der Waals surface area (Å²) in [5.74, 6) is 0.195. The Morgan fingerprint density at radius 2 is 2.16 bits per heavy atom. The number of carbonyl (C=O) groups excluding carboxylic acids is 1. The number of hydrogen-bond donors (Lipinski definition) is 1. The summed E-state index contributed by atoms with van der Waals surface area (Å²) in [5.41, 5.74) is 0.758. The van der Waals surface area contributed by atoms with Gasteiger partial charge >= 0.3 is 0 Å². The van der Waals surface area contributed by atoms with Crippen molar-refractivity contribution in [3.63, 3.8) is 0 Å². The molecule has 19 heavy (non-hydrogen) atoms. The Bertz CT molecular complexity index is 457. The molecular formula is C15H21FN2O. The van der Waals surface area contributed by atoms with Crippen LogP contribution in [0.5, 0.6) is 0 Å². The molecule has 0 aromatic heterocycles. The molecule has 1 aromatic rings. The molecule has 104 valence electrons. The summed E-state index contributed by atoms with van der Waals surface area (Å²) < 4.78 is 13.8. The Labute approximate surface area is 113 Å². The number of benzene rings is 1. The van der Waals surface area contributed by atoms with Crippen molar-refractivity contribution in [2.45, 2.75) is 26.7 Å². The first-order valence-corrected chi connectivity index (χ1v) is 6.99. The van der Waals surface area contributed by atoms with Crippen LogP contribution in [-0.2, 0) is 0 Å². The molecule has 1 saturated carbocycles. The van der Waals surface area contributed by atoms with Gasteiger partial charge in [-0.15, -0.1) is 0 Å². The summed E-state index contributed by atoms with van der Waals surface area (Å²) in [6.07, 6.45) is 2.40. The molecule has 0 saturated heterocycles. The molecule has 0 bridgehead atoms. The van der Waals surface area contributed by atoms with Crippen LogP contribution in [0, 0.1) is 11.7 Å². The Morgan fingerprint density at radius 1 is 1.42 bits per heavy atom. The average molecular weight is 264 g/mol. The summed E-state index contributed by atoms with van der Waals surface area (Å²) in [5, 5.41) is 2.95. The molecule has 1 aliphatic rings. The van der Waals surface area contributed by atoms with Gasteiger partial charge in [-0.05, 0) is 44.7 Å². The van der Waals surface area contributed by atoms with Crippen LogP contribution in [0.1, 0.15) is 37.0 Å². The van der Waals surface area contributed by atoms with Crippen molar-refractivity contribution in [2.75, 3.05) is 25.0 Å². The highest BCUT2D eigenvalue weighted by Crippen LogP contribution is 2.30. The molecule has 3 nitrogen and oxygen atoms in total. The second kappa shape index (κ2) is 6.04. The highest BCUT2D eigenvalue weighted by molar-refractivity contribution is 5.99. The molecule has 0 radical (unpaired) electrons. The molecule has 2 rings (SSSR count). The van der Waals surface area contributed by atoms with Crippen molar-refractivity contribution in [3.05, 3.63) is 29.6 Å². The summed E-state index contributed by atoms with van der Waals surface area (Å²) in [4.78, 5) is 14.3. The number of halogens is 1. The van der Waals surface area contributed by atoms with Gasteiger partial charge in [0.25, 0.3) is 5.91 Å². The Kier molecular flexibility index (Phi) is 4.40. The van der Waals surface area contributed by atoms with E-state index >= 15 is 0 Å². The minimum absolute atomic E-state index is 0.0788. The molecule has 1 N–H and O–H groups in total. The Hall–Kier alpha value is -1.58. The minimum atomic E-state index is -0.366. The molecule has 0 atom stereocenters. The molecule has 0 unspecified atom stereocenters. The van der Waals surface area contributed by atoms with Crippen LogP contribution in [0.15, 0.2) is 18.2 Å². The van der Waals surface area contributed by atoms with Gasteiger partial charge in [-0.2, -0.15) is 0 Å². The van der Waals surface area contributed by atoms with Gasteiger partial charge in [-0.3, -0.25) is 4.79 Å². The molecule has 0 heterocycles. The zero-order valence-electron chi connectivity index (χ0n) is 11.6. The summed E-state index contributed by atoms with van der Waals surface area (Å²) in [6.45, 7) is 5.90. The molecule has 1 aromatic carbocycles. The second-order valence-corrected chi connectivity index (χ2v) is 4.98. The zero-order valence-corrected chi connectivity index (χ0v) is 11.6. The highest BCUT2D eigenvalue weighted by atomic mass is 19.1. The number of para-hydroxylation sites is 1. The largest absolute Gasteiger partial charge is 0.382 e. The van der Waals surface area contributed by atoms with Gasteiger partial charge in [0, 0.05) is 19.6 Å². The van der Waals surface area contributed by atoms with Crippen LogP contribution in [0.4, 0.5) is 10.1 Å². The van der Waals surface area contributed by atoms with Crippen molar-refractivity contribution < 1.29 is 9.18 Å². The SMILES string of the molecule is CCNc1c(F)cccc1C(=O)N(CC)CC1CC1. The van der Waals surface area contributed by atoms with Crippen molar-refractivity contribution in [1.82, 2.24) is 4.90 Å². The third kappa shape index (κ3) is 3.25. The van der Waals surface area contributed by atoms with E-state index in [9.17, 15) is 9.18 Å². The highest BCUT2D eigenvalue weighted by Gasteiger charge is 2.27. The molecule has 1 aliphatic carbocycles. The van der Waals surface area contributed by atoms with E-state index in [0.717, 1.165) is 6.54 Å². The maximum absolute atomic E-state index is 13.8. The van der Waals surface area contributed by atoms with E-state index in [4.69, 9.17) is 0 Å². The van der Waals surface area contributed by atoms with Gasteiger partial charge in [-0.25, -0.2) is 4.39 Å². The van der Waals surface area contributed by atoms with Crippen LogP contribution < -0.4 is 5.32 Å². The predicted octanol–water partition coefficient (Wildman–Crippen LogP) is 3.13. The van der Waals surface area contributed by atoms with Gasteiger partial charge in [0.1, 0.15) is 5.82 Å². The molecular weight excluding hydrogens is 243 g/mol. The first-order chi connectivity index (χ1) is 9.17. The van der Waals surface area contributed by atoms with Crippen molar-refractivity contribution in [3.8, 4) is 0 Å². The van der Waals surface area contributed by atoms with Crippen LogP contribution in [0.25, 0.3) is 0 Å². The van der Waals surface area contributed by atoms with E-state index in [1.807, 2.05) is 18.7 Å². The van der Waals surface area contributed by atoms with Gasteiger partial charge in [-0.1, -0.05) is 6.07 Å². The monoisotopic (exact) mass is 264 g/mol. The Balaban J connectivity index is 2.22. The van der Waals surface area contributed by atoms with E-state index in [2.05, 4.69) is 5.32 Å². The zero-order chi connectivity index (χ0) is 13.8. The third-order valence-corrected chi connectivity index (χ3v) is 3.44. The van der Waals surface area contributed by atoms with Crippen LogP contribution >= 0.6 is 0 Å². The lowest BCUT2D eigenvalue weighted by Gasteiger charge is -2.22. The summed E-state index contributed by atoms with van der Waals surface area (Å²) >= 11 is 0. The molecule has 0 spiro atoms. The third-order valence-electron chi connectivity index (χ3n) is 3.44. The first-order valence-electron chi connectivity index (χ1n) is 6.99. The van der Waals surface area contributed by atoms with E-state index in [1.165, 1.54) is 18.9 Å². The van der Waals surface area contributed by atoms with Crippen LogP contribution in [0.3, 0.4) is 0 Å².